The number of halogens is 1. The number of non-ortho nitro benzene ring substituents is 1. The van der Waals surface area contributed by atoms with Crippen LogP contribution in [0, 0.1) is 10.1 Å². The van der Waals surface area contributed by atoms with Gasteiger partial charge in [-0.25, -0.2) is 0 Å². The van der Waals surface area contributed by atoms with Crippen LogP contribution in [0.25, 0.3) is 11.3 Å². The second-order valence-electron chi connectivity index (χ2n) is 3.64. The van der Waals surface area contributed by atoms with Gasteiger partial charge in [0.1, 0.15) is 5.76 Å². The van der Waals surface area contributed by atoms with Gasteiger partial charge in [-0.1, -0.05) is 0 Å². The topological polar surface area (TPSA) is 73.3 Å². The van der Waals surface area contributed by atoms with Gasteiger partial charge in [0.25, 0.3) is 5.69 Å². The van der Waals surface area contributed by atoms with Crippen LogP contribution in [0.1, 0.15) is 17.5 Å². The van der Waals surface area contributed by atoms with Crippen LogP contribution in [-0.2, 0) is 0 Å². The Labute approximate surface area is 111 Å². The van der Waals surface area contributed by atoms with E-state index in [1.165, 1.54) is 19.1 Å². The average Bonchev–Trinajstić information content (AvgIpc) is 2.78. The summed E-state index contributed by atoms with van der Waals surface area (Å²) in [6, 6.07) is 7.58. The first-order valence-electron chi connectivity index (χ1n) is 5.04. The molecule has 2 aromatic rings. The minimum absolute atomic E-state index is 0.0102. The van der Waals surface area contributed by atoms with Crippen molar-refractivity contribution in [2.24, 2.45) is 0 Å². The van der Waals surface area contributed by atoms with Gasteiger partial charge >= 0.3 is 0 Å². The van der Waals surface area contributed by atoms with E-state index in [9.17, 15) is 14.9 Å². The second-order valence-corrected chi connectivity index (χ2v) is 4.50. The van der Waals surface area contributed by atoms with E-state index in [0.29, 0.717) is 15.8 Å². The summed E-state index contributed by atoms with van der Waals surface area (Å²) >= 11 is 3.25. The zero-order valence-electron chi connectivity index (χ0n) is 9.34. The van der Waals surface area contributed by atoms with E-state index < -0.39 is 4.92 Å². The largest absolute Gasteiger partial charge is 0.453 e. The number of furan rings is 1. The highest BCUT2D eigenvalue weighted by atomic mass is 79.9. The van der Waals surface area contributed by atoms with Crippen LogP contribution in [0.5, 0.6) is 0 Å². The van der Waals surface area contributed by atoms with Gasteiger partial charge < -0.3 is 4.42 Å². The molecular weight excluding hydrogens is 302 g/mol. The Kier molecular flexibility index (Phi) is 3.29. The van der Waals surface area contributed by atoms with Gasteiger partial charge in [0, 0.05) is 29.1 Å². The quantitative estimate of drug-likeness (QED) is 0.491. The van der Waals surface area contributed by atoms with Gasteiger partial charge in [-0.2, -0.15) is 0 Å². The Balaban J connectivity index is 2.44. The van der Waals surface area contributed by atoms with Crippen molar-refractivity contribution in [3.63, 3.8) is 0 Å². The third-order valence-corrected chi connectivity index (χ3v) is 3.04. The van der Waals surface area contributed by atoms with Crippen LogP contribution in [0.4, 0.5) is 5.69 Å². The molecule has 1 aromatic carbocycles. The Hall–Kier alpha value is -1.95. The van der Waals surface area contributed by atoms with Crippen molar-refractivity contribution in [2.75, 3.05) is 0 Å². The lowest BCUT2D eigenvalue weighted by atomic mass is 10.1. The number of rotatable bonds is 3. The molecule has 92 valence electrons. The maximum atomic E-state index is 11.1. The summed E-state index contributed by atoms with van der Waals surface area (Å²) in [7, 11) is 0. The third-order valence-electron chi connectivity index (χ3n) is 2.38. The van der Waals surface area contributed by atoms with E-state index in [-0.39, 0.29) is 17.2 Å². The van der Waals surface area contributed by atoms with Gasteiger partial charge in [0.2, 0.25) is 0 Å². The highest BCUT2D eigenvalue weighted by Gasteiger charge is 2.14. The van der Waals surface area contributed by atoms with Crippen LogP contribution < -0.4 is 0 Å². The van der Waals surface area contributed by atoms with Crippen LogP contribution >= 0.6 is 15.9 Å². The fourth-order valence-electron chi connectivity index (χ4n) is 1.49. The van der Waals surface area contributed by atoms with Gasteiger partial charge in [0.15, 0.2) is 11.5 Å². The molecule has 0 atom stereocenters. The van der Waals surface area contributed by atoms with Crippen molar-refractivity contribution in [1.82, 2.24) is 0 Å². The van der Waals surface area contributed by atoms with E-state index in [4.69, 9.17) is 4.42 Å². The predicted octanol–water partition coefficient (Wildman–Crippen LogP) is 3.82. The van der Waals surface area contributed by atoms with Gasteiger partial charge in [-0.3, -0.25) is 14.9 Å². The summed E-state index contributed by atoms with van der Waals surface area (Å²) < 4.78 is 5.91. The Morgan fingerprint density at radius 2 is 2.06 bits per heavy atom. The fourth-order valence-corrected chi connectivity index (χ4v) is 2.05. The maximum Gasteiger partial charge on any atom is 0.270 e. The van der Waals surface area contributed by atoms with E-state index >= 15 is 0 Å². The molecule has 0 saturated heterocycles. The first kappa shape index (κ1) is 12.5. The molecule has 1 heterocycles. The Morgan fingerprint density at radius 3 is 2.56 bits per heavy atom. The number of hydrogen-bond donors (Lipinski definition) is 0. The van der Waals surface area contributed by atoms with Crippen molar-refractivity contribution < 1.29 is 14.1 Å². The summed E-state index contributed by atoms with van der Waals surface area (Å²) in [4.78, 5) is 21.3. The van der Waals surface area contributed by atoms with Crippen LogP contribution in [0.3, 0.4) is 0 Å². The molecule has 0 saturated carbocycles. The summed E-state index contributed by atoms with van der Waals surface area (Å²) in [6.45, 7) is 1.41. The smallest absolute Gasteiger partial charge is 0.270 e. The number of nitro benzene ring substituents is 1. The normalized spacial score (nSPS) is 10.3. The lowest BCUT2D eigenvalue weighted by Crippen LogP contribution is -1.88. The standard InChI is InChI=1S/C12H8BrNO4/c1-7(15)11-4-5-12(18-11)9-3-2-8(14(16)17)6-10(9)13/h2-6H,1H3. The van der Waals surface area contributed by atoms with Gasteiger partial charge in [-0.05, 0) is 34.1 Å². The molecule has 0 fully saturated rings. The van der Waals surface area contributed by atoms with Gasteiger partial charge in [0.05, 0.1) is 4.92 Å². The first-order valence-corrected chi connectivity index (χ1v) is 5.83. The molecule has 0 amide bonds. The SMILES string of the molecule is CC(=O)c1ccc(-c2ccc([N+](=O)[O-])cc2Br)o1. The molecule has 6 heteroatoms. The Bertz CT molecular complexity index is 633. The molecule has 0 aliphatic carbocycles. The number of benzene rings is 1. The second kappa shape index (κ2) is 4.73. The van der Waals surface area contributed by atoms with Crippen molar-refractivity contribution >= 4 is 27.4 Å². The summed E-state index contributed by atoms with van der Waals surface area (Å²) in [5.41, 5.74) is 0.650. The molecule has 0 N–H and O–H groups in total. The van der Waals surface area contributed by atoms with Crippen molar-refractivity contribution in [2.45, 2.75) is 6.92 Å². The number of Topliss-reactive ketones (excluding diaryl/α,β-unsaturated/α-hetero) is 1. The predicted molar refractivity (Wildman–Crippen MR) is 68.5 cm³/mol. The molecule has 0 bridgehead atoms. The van der Waals surface area contributed by atoms with E-state index in [1.54, 1.807) is 18.2 Å². The average molecular weight is 310 g/mol. The van der Waals surface area contributed by atoms with Crippen molar-refractivity contribution in [3.8, 4) is 11.3 Å². The summed E-state index contributed by atoms with van der Waals surface area (Å²) in [5.74, 6) is 0.580. The lowest BCUT2D eigenvalue weighted by Gasteiger charge is -2.00. The van der Waals surface area contributed by atoms with Crippen LogP contribution in [-0.4, -0.2) is 10.7 Å². The fraction of sp³-hybridized carbons (Fsp3) is 0.0833. The summed E-state index contributed by atoms with van der Waals surface area (Å²) in [6.07, 6.45) is 0. The third kappa shape index (κ3) is 2.33. The molecule has 0 radical (unpaired) electrons. The molecular formula is C12H8BrNO4. The molecule has 0 spiro atoms. The summed E-state index contributed by atoms with van der Waals surface area (Å²) in [5, 5.41) is 10.6. The molecule has 5 nitrogen and oxygen atoms in total. The van der Waals surface area contributed by atoms with E-state index in [2.05, 4.69) is 15.9 Å². The van der Waals surface area contributed by atoms with Crippen molar-refractivity contribution in [1.29, 1.82) is 0 Å². The van der Waals surface area contributed by atoms with Crippen LogP contribution in [0.15, 0.2) is 39.2 Å². The van der Waals surface area contributed by atoms with Crippen LogP contribution in [0.2, 0.25) is 0 Å². The molecule has 2 rings (SSSR count). The first-order chi connectivity index (χ1) is 8.49. The Morgan fingerprint density at radius 1 is 1.33 bits per heavy atom. The van der Waals surface area contributed by atoms with E-state index in [0.717, 1.165) is 0 Å². The number of nitrogens with zero attached hydrogens (tertiary/aromatic N) is 1. The zero-order chi connectivity index (χ0) is 13.3. The number of carbonyl (C=O) groups is 1. The monoisotopic (exact) mass is 309 g/mol. The molecule has 0 aliphatic heterocycles. The highest BCUT2D eigenvalue weighted by Crippen LogP contribution is 2.32. The lowest BCUT2D eigenvalue weighted by molar-refractivity contribution is -0.384. The minimum atomic E-state index is -0.475. The van der Waals surface area contributed by atoms with Crippen molar-refractivity contribution in [3.05, 3.63) is 50.7 Å². The van der Waals surface area contributed by atoms with E-state index in [1.807, 2.05) is 0 Å². The molecule has 1 aromatic heterocycles. The van der Waals surface area contributed by atoms with Gasteiger partial charge in [-0.15, -0.1) is 0 Å². The number of carbonyl (C=O) groups excluding carboxylic acids is 1. The number of nitro groups is 1. The molecule has 0 unspecified atom stereocenters. The number of ketones is 1. The zero-order valence-corrected chi connectivity index (χ0v) is 10.9. The molecule has 18 heavy (non-hydrogen) atoms. The highest BCUT2D eigenvalue weighted by molar-refractivity contribution is 9.10. The molecule has 0 aliphatic rings. The maximum absolute atomic E-state index is 11.1. The minimum Gasteiger partial charge on any atom is -0.453 e. The number of hydrogen-bond acceptors (Lipinski definition) is 4.